The Labute approximate surface area is 166 Å². The van der Waals surface area contributed by atoms with Gasteiger partial charge in [-0.2, -0.15) is 0 Å². The molecule has 148 valence electrons. The molecule has 1 aromatic rings. The van der Waals surface area contributed by atoms with E-state index in [9.17, 15) is 9.59 Å². The molecule has 3 N–H and O–H groups in total. The molecule has 2 aliphatic heterocycles. The van der Waals surface area contributed by atoms with Gasteiger partial charge >= 0.3 is 0 Å². The first kappa shape index (κ1) is 20.1. The lowest BCUT2D eigenvalue weighted by atomic mass is 9.98. The third-order valence-corrected chi connectivity index (χ3v) is 5.53. The quantitative estimate of drug-likeness (QED) is 0.658. The van der Waals surface area contributed by atoms with Crippen LogP contribution in [0.4, 0.5) is 0 Å². The van der Waals surface area contributed by atoms with E-state index >= 15 is 0 Å². The molecule has 0 saturated carbocycles. The number of hydrogen-bond donors (Lipinski definition) is 3. The van der Waals surface area contributed by atoms with E-state index in [-0.39, 0.29) is 17.9 Å². The van der Waals surface area contributed by atoms with Crippen molar-refractivity contribution in [3.63, 3.8) is 0 Å². The molecular weight excluding hydrogens is 364 g/mol. The summed E-state index contributed by atoms with van der Waals surface area (Å²) in [5.74, 6) is 0.545. The van der Waals surface area contributed by atoms with E-state index in [0.717, 1.165) is 50.9 Å². The maximum atomic E-state index is 12.3. The number of carbonyl (C=O) groups excluding carboxylic acids is 2. The van der Waals surface area contributed by atoms with Gasteiger partial charge in [-0.15, -0.1) is 0 Å². The zero-order chi connectivity index (χ0) is 19.1. The van der Waals surface area contributed by atoms with Crippen LogP contribution in [0.2, 0.25) is 5.02 Å². The number of halogens is 1. The highest BCUT2D eigenvalue weighted by molar-refractivity contribution is 6.30. The van der Waals surface area contributed by atoms with Crippen LogP contribution in [0.15, 0.2) is 24.3 Å². The highest BCUT2D eigenvalue weighted by Crippen LogP contribution is 2.16. The van der Waals surface area contributed by atoms with Crippen LogP contribution < -0.4 is 16.0 Å². The molecular formula is C20H29ClN4O2. The Hall–Kier alpha value is -1.63. The number of carbonyl (C=O) groups is 2. The van der Waals surface area contributed by atoms with E-state index in [0.29, 0.717) is 30.6 Å². The number of nitrogens with one attached hydrogen (secondary N) is 3. The van der Waals surface area contributed by atoms with Crippen molar-refractivity contribution < 1.29 is 9.59 Å². The molecule has 7 heteroatoms. The smallest absolute Gasteiger partial charge is 0.237 e. The van der Waals surface area contributed by atoms with Crippen molar-refractivity contribution in [2.24, 2.45) is 5.92 Å². The van der Waals surface area contributed by atoms with Gasteiger partial charge in [-0.05, 0) is 62.4 Å². The Kier molecular flexibility index (Phi) is 7.50. The molecule has 0 aliphatic carbocycles. The van der Waals surface area contributed by atoms with E-state index in [1.165, 1.54) is 0 Å². The van der Waals surface area contributed by atoms with E-state index in [2.05, 4.69) is 20.9 Å². The number of piperidine rings is 1. The van der Waals surface area contributed by atoms with Gasteiger partial charge in [0.2, 0.25) is 11.8 Å². The Morgan fingerprint density at radius 1 is 1.22 bits per heavy atom. The summed E-state index contributed by atoms with van der Waals surface area (Å²) in [5.41, 5.74) is 0.996. The molecule has 0 spiro atoms. The molecule has 0 bridgehead atoms. The van der Waals surface area contributed by atoms with Crippen LogP contribution in [0.5, 0.6) is 0 Å². The summed E-state index contributed by atoms with van der Waals surface area (Å²) in [5, 5.41) is 9.94. The monoisotopic (exact) mass is 392 g/mol. The predicted molar refractivity (Wildman–Crippen MR) is 106 cm³/mol. The van der Waals surface area contributed by atoms with Gasteiger partial charge in [-0.25, -0.2) is 0 Å². The fourth-order valence-corrected chi connectivity index (χ4v) is 4.06. The number of amides is 2. The summed E-state index contributed by atoms with van der Waals surface area (Å²) in [6.07, 6.45) is 4.15. The Bertz CT molecular complexity index is 649. The maximum Gasteiger partial charge on any atom is 0.237 e. The zero-order valence-electron chi connectivity index (χ0n) is 15.7. The molecule has 2 heterocycles. The molecule has 2 fully saturated rings. The van der Waals surface area contributed by atoms with Gasteiger partial charge in [-0.1, -0.05) is 23.7 Å². The second-order valence-corrected chi connectivity index (χ2v) is 7.98. The fraction of sp³-hybridized carbons (Fsp3) is 0.600. The minimum atomic E-state index is -0.0260. The summed E-state index contributed by atoms with van der Waals surface area (Å²) >= 11 is 5.97. The molecule has 3 rings (SSSR count). The molecule has 2 atom stereocenters. The van der Waals surface area contributed by atoms with Crippen LogP contribution in [0.3, 0.4) is 0 Å². The second kappa shape index (κ2) is 10.1. The van der Waals surface area contributed by atoms with E-state index in [1.807, 2.05) is 24.3 Å². The zero-order valence-corrected chi connectivity index (χ0v) is 16.4. The summed E-state index contributed by atoms with van der Waals surface area (Å²) in [6, 6.07) is 7.49. The minimum absolute atomic E-state index is 0.0230. The lowest BCUT2D eigenvalue weighted by Gasteiger charge is -2.32. The minimum Gasteiger partial charge on any atom is -0.354 e. The molecule has 0 aromatic heterocycles. The average Bonchev–Trinajstić information content (AvgIpc) is 3.20. The number of benzene rings is 1. The van der Waals surface area contributed by atoms with Crippen LogP contribution in [0, 0.1) is 5.92 Å². The van der Waals surface area contributed by atoms with Crippen molar-refractivity contribution in [3.8, 4) is 0 Å². The van der Waals surface area contributed by atoms with Crippen molar-refractivity contribution >= 4 is 23.4 Å². The molecule has 2 unspecified atom stereocenters. The van der Waals surface area contributed by atoms with Gasteiger partial charge in [0.1, 0.15) is 0 Å². The number of hydrogen-bond acceptors (Lipinski definition) is 4. The summed E-state index contributed by atoms with van der Waals surface area (Å²) < 4.78 is 0. The Morgan fingerprint density at radius 3 is 2.89 bits per heavy atom. The topological polar surface area (TPSA) is 73.5 Å². The molecule has 6 nitrogen and oxygen atoms in total. The number of likely N-dealkylation sites (tertiary alicyclic amines) is 1. The fourth-order valence-electron chi connectivity index (χ4n) is 3.84. The van der Waals surface area contributed by atoms with Gasteiger partial charge < -0.3 is 16.0 Å². The second-order valence-electron chi connectivity index (χ2n) is 7.54. The highest BCUT2D eigenvalue weighted by Gasteiger charge is 2.25. The van der Waals surface area contributed by atoms with Crippen molar-refractivity contribution in [1.29, 1.82) is 0 Å². The van der Waals surface area contributed by atoms with Crippen LogP contribution in [-0.2, 0) is 16.1 Å². The van der Waals surface area contributed by atoms with E-state index < -0.39 is 0 Å². The predicted octanol–water partition coefficient (Wildman–Crippen LogP) is 1.54. The Morgan fingerprint density at radius 2 is 2.11 bits per heavy atom. The molecule has 2 aliphatic rings. The highest BCUT2D eigenvalue weighted by atomic mass is 35.5. The van der Waals surface area contributed by atoms with E-state index in [1.54, 1.807) is 0 Å². The lowest BCUT2D eigenvalue weighted by Crippen LogP contribution is -2.47. The van der Waals surface area contributed by atoms with Crippen molar-refractivity contribution in [1.82, 2.24) is 20.9 Å². The van der Waals surface area contributed by atoms with Gasteiger partial charge in [0.25, 0.3) is 0 Å². The van der Waals surface area contributed by atoms with Gasteiger partial charge in [0.15, 0.2) is 0 Å². The average molecular weight is 393 g/mol. The molecule has 2 saturated heterocycles. The van der Waals surface area contributed by atoms with Crippen molar-refractivity contribution in [2.75, 3.05) is 32.7 Å². The van der Waals surface area contributed by atoms with Crippen LogP contribution in [-0.4, -0.2) is 55.5 Å². The summed E-state index contributed by atoms with van der Waals surface area (Å²) in [4.78, 5) is 26.6. The number of rotatable bonds is 7. The van der Waals surface area contributed by atoms with Crippen molar-refractivity contribution in [2.45, 2.75) is 38.3 Å². The standard InChI is InChI=1S/C20H29ClN4O2/c21-17-6-1-4-15(10-17)11-23-19(26)14-25-9-3-5-16(13-25)12-24-20(27)18-7-2-8-22-18/h1,4,6,10,16,18,22H,2-3,5,7-9,11-14H2,(H,23,26)(H,24,27). The van der Waals surface area contributed by atoms with Crippen LogP contribution in [0.1, 0.15) is 31.2 Å². The number of nitrogens with zero attached hydrogens (tertiary/aromatic N) is 1. The first-order valence-corrected chi connectivity index (χ1v) is 10.2. The van der Waals surface area contributed by atoms with Gasteiger partial charge in [0, 0.05) is 24.7 Å². The third kappa shape index (κ3) is 6.48. The summed E-state index contributed by atoms with van der Waals surface area (Å²) in [6.45, 7) is 4.29. The first-order chi connectivity index (χ1) is 13.1. The van der Waals surface area contributed by atoms with Gasteiger partial charge in [-0.3, -0.25) is 14.5 Å². The van der Waals surface area contributed by atoms with Crippen molar-refractivity contribution in [3.05, 3.63) is 34.9 Å². The third-order valence-electron chi connectivity index (χ3n) is 5.29. The molecule has 0 radical (unpaired) electrons. The van der Waals surface area contributed by atoms with Crippen LogP contribution in [0.25, 0.3) is 0 Å². The lowest BCUT2D eigenvalue weighted by molar-refractivity contribution is -0.124. The normalized spacial score (nSPS) is 23.1. The van der Waals surface area contributed by atoms with Crippen LogP contribution >= 0.6 is 11.6 Å². The first-order valence-electron chi connectivity index (χ1n) is 9.85. The maximum absolute atomic E-state index is 12.3. The van der Waals surface area contributed by atoms with E-state index in [4.69, 9.17) is 11.6 Å². The Balaban J connectivity index is 1.37. The molecule has 2 amide bonds. The molecule has 1 aromatic carbocycles. The molecule has 27 heavy (non-hydrogen) atoms. The van der Waals surface area contributed by atoms with Gasteiger partial charge in [0.05, 0.1) is 12.6 Å². The SMILES string of the molecule is O=C(CN1CCCC(CNC(=O)C2CCCN2)C1)NCc1cccc(Cl)c1. The largest absolute Gasteiger partial charge is 0.354 e. The summed E-state index contributed by atoms with van der Waals surface area (Å²) in [7, 11) is 0.